The minimum Gasteiger partial charge on any atom is -0.373 e. The van der Waals surface area contributed by atoms with Crippen molar-refractivity contribution in [2.45, 2.75) is 31.8 Å². The van der Waals surface area contributed by atoms with Crippen molar-refractivity contribution < 1.29 is 0 Å². The van der Waals surface area contributed by atoms with E-state index in [2.05, 4.69) is 28.3 Å². The summed E-state index contributed by atoms with van der Waals surface area (Å²) in [5, 5.41) is 3.14. The molecule has 3 nitrogen and oxygen atoms in total. The van der Waals surface area contributed by atoms with Crippen molar-refractivity contribution in [1.82, 2.24) is 9.88 Å². The van der Waals surface area contributed by atoms with Gasteiger partial charge < -0.3 is 5.32 Å². The number of rotatable bonds is 4. The minimum absolute atomic E-state index is 0.787. The van der Waals surface area contributed by atoms with Crippen molar-refractivity contribution in [3.63, 3.8) is 0 Å². The Morgan fingerprint density at radius 2 is 2.33 bits per heavy atom. The van der Waals surface area contributed by atoms with Gasteiger partial charge in [0.05, 0.1) is 0 Å². The molecule has 3 heteroatoms. The standard InChI is InChI=1S/C12H19N3/c1-13-12-10(5-4-8-14-12)9-15(2)11-6-3-7-11/h4-5,8,11H,3,6-7,9H2,1-2H3,(H,13,14). The second kappa shape index (κ2) is 4.62. The Morgan fingerprint density at radius 1 is 1.53 bits per heavy atom. The van der Waals surface area contributed by atoms with Crippen molar-refractivity contribution in [2.75, 3.05) is 19.4 Å². The van der Waals surface area contributed by atoms with Gasteiger partial charge in [-0.3, -0.25) is 4.90 Å². The number of hydrogen-bond acceptors (Lipinski definition) is 3. The molecule has 0 saturated heterocycles. The van der Waals surface area contributed by atoms with Gasteiger partial charge in [0.15, 0.2) is 0 Å². The maximum atomic E-state index is 4.32. The first-order valence-electron chi connectivity index (χ1n) is 5.63. The predicted octanol–water partition coefficient (Wildman–Crippen LogP) is 2.11. The normalized spacial score (nSPS) is 16.5. The number of anilines is 1. The second-order valence-electron chi connectivity index (χ2n) is 4.26. The lowest BCUT2D eigenvalue weighted by Gasteiger charge is -2.34. The lowest BCUT2D eigenvalue weighted by molar-refractivity contribution is 0.153. The highest BCUT2D eigenvalue weighted by molar-refractivity contribution is 5.42. The topological polar surface area (TPSA) is 28.2 Å². The summed E-state index contributed by atoms with van der Waals surface area (Å²) in [7, 11) is 4.13. The summed E-state index contributed by atoms with van der Waals surface area (Å²) < 4.78 is 0. The molecule has 0 bridgehead atoms. The number of nitrogens with zero attached hydrogens (tertiary/aromatic N) is 2. The maximum Gasteiger partial charge on any atom is 0.130 e. The molecule has 15 heavy (non-hydrogen) atoms. The molecule has 2 rings (SSSR count). The van der Waals surface area contributed by atoms with Crippen LogP contribution in [0.2, 0.25) is 0 Å². The summed E-state index contributed by atoms with van der Waals surface area (Å²) >= 11 is 0. The van der Waals surface area contributed by atoms with Crippen molar-refractivity contribution in [3.05, 3.63) is 23.9 Å². The molecule has 0 radical (unpaired) electrons. The van der Waals surface area contributed by atoms with E-state index in [1.165, 1.54) is 24.8 Å². The van der Waals surface area contributed by atoms with E-state index in [0.29, 0.717) is 0 Å². The van der Waals surface area contributed by atoms with E-state index in [1.54, 1.807) is 0 Å². The van der Waals surface area contributed by atoms with Crippen molar-refractivity contribution in [1.29, 1.82) is 0 Å². The van der Waals surface area contributed by atoms with Gasteiger partial charge in [-0.15, -0.1) is 0 Å². The average molecular weight is 205 g/mol. The van der Waals surface area contributed by atoms with Gasteiger partial charge >= 0.3 is 0 Å². The molecule has 0 unspecified atom stereocenters. The Morgan fingerprint density at radius 3 is 2.93 bits per heavy atom. The van der Waals surface area contributed by atoms with E-state index in [1.807, 2.05) is 19.3 Å². The number of hydrogen-bond donors (Lipinski definition) is 1. The SMILES string of the molecule is CNc1ncccc1CN(C)C1CCC1. The van der Waals surface area contributed by atoms with Crippen molar-refractivity contribution in [3.8, 4) is 0 Å². The highest BCUT2D eigenvalue weighted by Crippen LogP contribution is 2.25. The van der Waals surface area contributed by atoms with Crippen LogP contribution >= 0.6 is 0 Å². The lowest BCUT2D eigenvalue weighted by atomic mass is 9.91. The van der Waals surface area contributed by atoms with E-state index in [9.17, 15) is 0 Å². The number of aromatic nitrogens is 1. The van der Waals surface area contributed by atoms with Gasteiger partial charge in [-0.2, -0.15) is 0 Å². The minimum atomic E-state index is 0.787. The summed E-state index contributed by atoms with van der Waals surface area (Å²) in [5.74, 6) is 1.00. The quantitative estimate of drug-likeness (QED) is 0.816. The zero-order valence-electron chi connectivity index (χ0n) is 9.53. The Bertz CT molecular complexity index is 320. The van der Waals surface area contributed by atoms with Crippen LogP contribution in [0.15, 0.2) is 18.3 Å². The Balaban J connectivity index is 2.02. The van der Waals surface area contributed by atoms with Gasteiger partial charge in [0.25, 0.3) is 0 Å². The van der Waals surface area contributed by atoms with Gasteiger partial charge in [-0.25, -0.2) is 4.98 Å². The average Bonchev–Trinajstić information content (AvgIpc) is 2.15. The first kappa shape index (κ1) is 10.4. The van der Waals surface area contributed by atoms with E-state index < -0.39 is 0 Å². The smallest absolute Gasteiger partial charge is 0.130 e. The summed E-state index contributed by atoms with van der Waals surface area (Å²) in [5.41, 5.74) is 1.29. The Labute approximate surface area is 91.5 Å². The molecule has 1 aromatic heterocycles. The van der Waals surface area contributed by atoms with Crippen LogP contribution in [0.3, 0.4) is 0 Å². The van der Waals surface area contributed by atoms with Crippen molar-refractivity contribution in [2.24, 2.45) is 0 Å². The monoisotopic (exact) mass is 205 g/mol. The molecule has 0 amide bonds. The van der Waals surface area contributed by atoms with E-state index in [-0.39, 0.29) is 0 Å². The van der Waals surface area contributed by atoms with E-state index in [4.69, 9.17) is 0 Å². The Hall–Kier alpha value is -1.09. The first-order chi connectivity index (χ1) is 7.31. The van der Waals surface area contributed by atoms with Crippen LogP contribution in [0.1, 0.15) is 24.8 Å². The van der Waals surface area contributed by atoms with E-state index >= 15 is 0 Å². The van der Waals surface area contributed by atoms with Gasteiger partial charge in [-0.1, -0.05) is 12.5 Å². The summed E-state index contributed by atoms with van der Waals surface area (Å²) in [6, 6.07) is 4.94. The molecule has 0 atom stereocenters. The van der Waals surface area contributed by atoms with Gasteiger partial charge in [0.2, 0.25) is 0 Å². The summed E-state index contributed by atoms with van der Waals surface area (Å²) in [4.78, 5) is 6.75. The van der Waals surface area contributed by atoms with Crippen LogP contribution in [-0.2, 0) is 6.54 Å². The molecule has 1 aliphatic rings. The number of pyridine rings is 1. The highest BCUT2D eigenvalue weighted by Gasteiger charge is 2.22. The van der Waals surface area contributed by atoms with Gasteiger partial charge in [0, 0.05) is 31.4 Å². The van der Waals surface area contributed by atoms with Gasteiger partial charge in [0.1, 0.15) is 5.82 Å². The maximum absolute atomic E-state index is 4.32. The first-order valence-corrected chi connectivity index (χ1v) is 5.63. The van der Waals surface area contributed by atoms with Crippen LogP contribution in [0, 0.1) is 0 Å². The largest absolute Gasteiger partial charge is 0.373 e. The molecular formula is C12H19N3. The van der Waals surface area contributed by atoms with E-state index in [0.717, 1.165) is 18.4 Å². The zero-order valence-corrected chi connectivity index (χ0v) is 9.53. The molecule has 0 spiro atoms. The third kappa shape index (κ3) is 2.29. The lowest BCUT2D eigenvalue weighted by Crippen LogP contribution is -2.36. The molecule has 1 heterocycles. The fourth-order valence-electron chi connectivity index (χ4n) is 2.02. The molecule has 1 saturated carbocycles. The van der Waals surface area contributed by atoms with Crippen LogP contribution in [0.25, 0.3) is 0 Å². The fraction of sp³-hybridized carbons (Fsp3) is 0.583. The molecule has 1 aliphatic carbocycles. The molecule has 1 aromatic rings. The summed E-state index contributed by atoms with van der Waals surface area (Å²) in [6.07, 6.45) is 5.93. The van der Waals surface area contributed by atoms with Crippen LogP contribution in [-0.4, -0.2) is 30.0 Å². The number of nitrogens with one attached hydrogen (secondary N) is 1. The van der Waals surface area contributed by atoms with Crippen LogP contribution in [0.4, 0.5) is 5.82 Å². The molecule has 82 valence electrons. The molecule has 1 N–H and O–H groups in total. The van der Waals surface area contributed by atoms with Crippen LogP contribution in [0.5, 0.6) is 0 Å². The Kier molecular flexibility index (Phi) is 3.21. The highest BCUT2D eigenvalue weighted by atomic mass is 15.1. The third-order valence-electron chi connectivity index (χ3n) is 3.25. The third-order valence-corrected chi connectivity index (χ3v) is 3.25. The summed E-state index contributed by atoms with van der Waals surface area (Å²) in [6.45, 7) is 0.995. The van der Waals surface area contributed by atoms with Gasteiger partial charge in [-0.05, 0) is 26.0 Å². The van der Waals surface area contributed by atoms with Crippen molar-refractivity contribution >= 4 is 5.82 Å². The second-order valence-corrected chi connectivity index (χ2v) is 4.26. The fourth-order valence-corrected chi connectivity index (χ4v) is 2.02. The molecule has 1 fully saturated rings. The predicted molar refractivity (Wildman–Crippen MR) is 62.9 cm³/mol. The molecular weight excluding hydrogens is 186 g/mol. The molecule has 0 aromatic carbocycles. The zero-order chi connectivity index (χ0) is 10.7. The molecule has 0 aliphatic heterocycles. The van der Waals surface area contributed by atoms with Crippen LogP contribution < -0.4 is 5.32 Å².